The lowest BCUT2D eigenvalue weighted by atomic mass is 10.1. The van der Waals surface area contributed by atoms with Gasteiger partial charge in [-0.25, -0.2) is 4.98 Å². The molecule has 0 spiro atoms. The molecule has 4 nitrogen and oxygen atoms in total. The number of hydrogen-bond acceptors (Lipinski definition) is 4. The number of nitrogens with zero attached hydrogens (tertiary/aromatic N) is 1. The summed E-state index contributed by atoms with van der Waals surface area (Å²) in [5, 5.41) is 6.61. The van der Waals surface area contributed by atoms with Gasteiger partial charge in [0.25, 0.3) is 5.91 Å². The van der Waals surface area contributed by atoms with Gasteiger partial charge < -0.3 is 10.6 Å². The number of anilines is 1. The number of amides is 1. The van der Waals surface area contributed by atoms with Gasteiger partial charge in [-0.2, -0.15) is 11.8 Å². The first-order chi connectivity index (χ1) is 10.0. The molecule has 21 heavy (non-hydrogen) atoms. The number of hydrogen-bond donors (Lipinski definition) is 2. The quantitative estimate of drug-likeness (QED) is 0.838. The fourth-order valence-electron chi connectivity index (χ4n) is 2.28. The highest BCUT2D eigenvalue weighted by atomic mass is 35.5. The molecule has 1 aromatic heterocycles. The first-order valence-corrected chi connectivity index (χ1v) is 8.72. The van der Waals surface area contributed by atoms with Crippen molar-refractivity contribution in [2.24, 2.45) is 0 Å². The van der Waals surface area contributed by atoms with Crippen molar-refractivity contribution >= 4 is 35.1 Å². The Hall–Kier alpha value is -0.940. The largest absolute Gasteiger partial charge is 0.369 e. The van der Waals surface area contributed by atoms with Crippen LogP contribution in [0.25, 0.3) is 0 Å². The van der Waals surface area contributed by atoms with Crippen molar-refractivity contribution in [2.45, 2.75) is 37.9 Å². The molecule has 2 rings (SSSR count). The summed E-state index contributed by atoms with van der Waals surface area (Å²) in [5.74, 6) is 1.70. The number of pyridine rings is 1. The maximum Gasteiger partial charge on any atom is 0.252 e. The number of nitrogens with one attached hydrogen (secondary N) is 2. The van der Waals surface area contributed by atoms with Crippen LogP contribution in [0.3, 0.4) is 0 Å². The lowest BCUT2D eigenvalue weighted by Gasteiger charge is -2.22. The fourth-order valence-corrected chi connectivity index (χ4v) is 3.76. The van der Waals surface area contributed by atoms with Gasteiger partial charge in [0.1, 0.15) is 5.82 Å². The van der Waals surface area contributed by atoms with Crippen LogP contribution in [0.2, 0.25) is 5.02 Å². The molecule has 1 aliphatic heterocycles. The molecule has 0 radical (unpaired) electrons. The zero-order valence-corrected chi connectivity index (χ0v) is 14.1. The van der Waals surface area contributed by atoms with E-state index in [1.807, 2.05) is 11.8 Å². The molecule has 1 aliphatic rings. The molecule has 1 aromatic rings. The van der Waals surface area contributed by atoms with Crippen LogP contribution < -0.4 is 10.6 Å². The standard InChI is InChI=1S/C15H22ClN3OS/c1-3-6-17-13-12(16)8-11(9-18-13)14(20)19-10-15(2)5-4-7-21-15/h8-9H,3-7,10H2,1-2H3,(H,17,18)(H,19,20). The van der Waals surface area contributed by atoms with E-state index < -0.39 is 0 Å². The second-order valence-electron chi connectivity index (χ2n) is 5.57. The third-order valence-corrected chi connectivity index (χ3v) is 5.40. The lowest BCUT2D eigenvalue weighted by Crippen LogP contribution is -2.36. The molecule has 1 fully saturated rings. The summed E-state index contributed by atoms with van der Waals surface area (Å²) in [4.78, 5) is 16.4. The first kappa shape index (κ1) is 16.4. The van der Waals surface area contributed by atoms with Crippen LogP contribution in [0.15, 0.2) is 12.3 Å². The molecule has 1 saturated heterocycles. The topological polar surface area (TPSA) is 54.0 Å². The van der Waals surface area contributed by atoms with Gasteiger partial charge in [-0.05, 0) is 38.0 Å². The highest BCUT2D eigenvalue weighted by molar-refractivity contribution is 8.00. The lowest BCUT2D eigenvalue weighted by molar-refractivity contribution is 0.0949. The Morgan fingerprint density at radius 3 is 3.00 bits per heavy atom. The highest BCUT2D eigenvalue weighted by Gasteiger charge is 2.29. The normalized spacial score (nSPS) is 21.3. The Balaban J connectivity index is 1.94. The van der Waals surface area contributed by atoms with E-state index >= 15 is 0 Å². The summed E-state index contributed by atoms with van der Waals surface area (Å²) in [7, 11) is 0. The van der Waals surface area contributed by atoms with Crippen LogP contribution >= 0.6 is 23.4 Å². The molecular weight excluding hydrogens is 306 g/mol. The van der Waals surface area contributed by atoms with E-state index in [1.165, 1.54) is 12.2 Å². The van der Waals surface area contributed by atoms with Crippen molar-refractivity contribution in [1.82, 2.24) is 10.3 Å². The number of aromatic nitrogens is 1. The van der Waals surface area contributed by atoms with Gasteiger partial charge in [0, 0.05) is 24.0 Å². The van der Waals surface area contributed by atoms with Crippen LogP contribution in [0.1, 0.15) is 43.5 Å². The molecule has 1 amide bonds. The van der Waals surface area contributed by atoms with Crippen molar-refractivity contribution in [2.75, 3.05) is 24.2 Å². The van der Waals surface area contributed by atoms with E-state index in [0.29, 0.717) is 22.9 Å². The molecule has 1 unspecified atom stereocenters. The predicted octanol–water partition coefficient (Wildman–Crippen LogP) is 3.57. The Morgan fingerprint density at radius 1 is 1.57 bits per heavy atom. The summed E-state index contributed by atoms with van der Waals surface area (Å²) in [6, 6.07) is 1.67. The first-order valence-electron chi connectivity index (χ1n) is 7.36. The third-order valence-electron chi connectivity index (χ3n) is 3.57. The van der Waals surface area contributed by atoms with Crippen molar-refractivity contribution in [1.29, 1.82) is 0 Å². The Labute approximate surface area is 135 Å². The molecule has 0 aliphatic carbocycles. The molecule has 2 heterocycles. The van der Waals surface area contributed by atoms with Crippen molar-refractivity contribution in [3.05, 3.63) is 22.8 Å². The van der Waals surface area contributed by atoms with Gasteiger partial charge in [-0.15, -0.1) is 0 Å². The van der Waals surface area contributed by atoms with Gasteiger partial charge in [0.05, 0.1) is 10.6 Å². The number of carbonyl (C=O) groups is 1. The summed E-state index contributed by atoms with van der Waals surface area (Å²) >= 11 is 8.08. The van der Waals surface area contributed by atoms with Crippen LogP contribution in [-0.4, -0.2) is 34.5 Å². The average Bonchev–Trinajstić information content (AvgIpc) is 2.91. The number of carbonyl (C=O) groups excluding carboxylic acids is 1. The second kappa shape index (κ2) is 7.36. The Kier molecular flexibility index (Phi) is 5.76. The van der Waals surface area contributed by atoms with E-state index in [2.05, 4.69) is 29.5 Å². The average molecular weight is 328 g/mol. The summed E-state index contributed by atoms with van der Waals surface area (Å²) < 4.78 is 0.162. The maximum absolute atomic E-state index is 12.2. The van der Waals surface area contributed by atoms with E-state index in [4.69, 9.17) is 11.6 Å². The number of thioether (sulfide) groups is 1. The van der Waals surface area contributed by atoms with Crippen molar-refractivity contribution < 1.29 is 4.79 Å². The van der Waals surface area contributed by atoms with Gasteiger partial charge in [-0.1, -0.05) is 18.5 Å². The van der Waals surface area contributed by atoms with E-state index in [0.717, 1.165) is 19.4 Å². The zero-order valence-electron chi connectivity index (χ0n) is 12.5. The van der Waals surface area contributed by atoms with Gasteiger partial charge in [0.2, 0.25) is 0 Å². The number of halogens is 1. The minimum absolute atomic E-state index is 0.111. The molecule has 1 atom stereocenters. The van der Waals surface area contributed by atoms with Gasteiger partial charge in [0.15, 0.2) is 0 Å². The third kappa shape index (κ3) is 4.51. The zero-order chi connectivity index (χ0) is 15.3. The summed E-state index contributed by atoms with van der Waals surface area (Å²) in [6.07, 6.45) is 4.94. The minimum Gasteiger partial charge on any atom is -0.369 e. The number of rotatable bonds is 6. The van der Waals surface area contributed by atoms with Crippen LogP contribution in [0.4, 0.5) is 5.82 Å². The Morgan fingerprint density at radius 2 is 2.38 bits per heavy atom. The predicted molar refractivity (Wildman–Crippen MR) is 90.5 cm³/mol. The molecule has 2 N–H and O–H groups in total. The maximum atomic E-state index is 12.2. The SMILES string of the molecule is CCCNc1ncc(C(=O)NCC2(C)CCCS2)cc1Cl. The van der Waals surface area contributed by atoms with Crippen LogP contribution in [0.5, 0.6) is 0 Å². The van der Waals surface area contributed by atoms with Crippen LogP contribution in [0, 0.1) is 0 Å². The second-order valence-corrected chi connectivity index (χ2v) is 7.66. The van der Waals surface area contributed by atoms with E-state index in [-0.39, 0.29) is 10.7 Å². The minimum atomic E-state index is -0.111. The van der Waals surface area contributed by atoms with Crippen LogP contribution in [-0.2, 0) is 0 Å². The molecule has 0 aromatic carbocycles. The van der Waals surface area contributed by atoms with Crippen molar-refractivity contribution in [3.8, 4) is 0 Å². The summed E-state index contributed by atoms with van der Waals surface area (Å²) in [6.45, 7) is 5.77. The fraction of sp³-hybridized carbons (Fsp3) is 0.600. The smallest absolute Gasteiger partial charge is 0.252 e. The monoisotopic (exact) mass is 327 g/mol. The molecular formula is C15H22ClN3OS. The molecule has 0 saturated carbocycles. The highest BCUT2D eigenvalue weighted by Crippen LogP contribution is 2.37. The van der Waals surface area contributed by atoms with E-state index in [9.17, 15) is 4.79 Å². The van der Waals surface area contributed by atoms with E-state index in [1.54, 1.807) is 12.3 Å². The Bertz CT molecular complexity index is 504. The van der Waals surface area contributed by atoms with Gasteiger partial charge in [-0.3, -0.25) is 4.79 Å². The molecule has 0 bridgehead atoms. The molecule has 116 valence electrons. The molecule has 6 heteroatoms. The summed E-state index contributed by atoms with van der Waals surface area (Å²) in [5.41, 5.74) is 0.508. The van der Waals surface area contributed by atoms with Crippen molar-refractivity contribution in [3.63, 3.8) is 0 Å². The van der Waals surface area contributed by atoms with Gasteiger partial charge >= 0.3 is 0 Å².